The van der Waals surface area contributed by atoms with Gasteiger partial charge in [-0.15, -0.1) is 0 Å². The maximum Gasteiger partial charge on any atom is 0.340 e. The topological polar surface area (TPSA) is 71.5 Å². The van der Waals surface area contributed by atoms with Gasteiger partial charge in [0.1, 0.15) is 5.69 Å². The number of nitrogens with one attached hydrogen (secondary N) is 1. The third-order valence-corrected chi connectivity index (χ3v) is 4.35. The van der Waals surface area contributed by atoms with Gasteiger partial charge >= 0.3 is 5.97 Å². The number of hydrogen-bond acceptors (Lipinski definition) is 5. The summed E-state index contributed by atoms with van der Waals surface area (Å²) < 4.78 is 5.04. The summed E-state index contributed by atoms with van der Waals surface area (Å²) in [5.74, 6) is -0.867. The van der Waals surface area contributed by atoms with E-state index in [0.717, 1.165) is 12.2 Å². The van der Waals surface area contributed by atoms with Crippen LogP contribution in [-0.2, 0) is 11.3 Å². The summed E-state index contributed by atoms with van der Waals surface area (Å²) in [4.78, 5) is 31.0. The van der Waals surface area contributed by atoms with Crippen molar-refractivity contribution in [2.75, 3.05) is 23.9 Å². The van der Waals surface area contributed by atoms with Gasteiger partial charge in [-0.2, -0.15) is 0 Å². The molecule has 3 rings (SSSR count). The lowest BCUT2D eigenvalue weighted by atomic mass is 10.1. The third kappa shape index (κ3) is 5.19. The van der Waals surface area contributed by atoms with Crippen molar-refractivity contribution in [3.63, 3.8) is 0 Å². The second-order valence-electron chi connectivity index (χ2n) is 6.46. The van der Waals surface area contributed by atoms with Gasteiger partial charge in [0.15, 0.2) is 0 Å². The summed E-state index contributed by atoms with van der Waals surface area (Å²) in [5, 5.41) is 2.74. The van der Waals surface area contributed by atoms with Gasteiger partial charge in [-0.05, 0) is 36.8 Å². The summed E-state index contributed by atoms with van der Waals surface area (Å²) in [6, 6.07) is 20.4. The van der Waals surface area contributed by atoms with E-state index >= 15 is 0 Å². The Kier molecular flexibility index (Phi) is 6.58. The van der Waals surface area contributed by atoms with Crippen LogP contribution in [0.4, 0.5) is 11.4 Å². The van der Waals surface area contributed by atoms with Crippen molar-refractivity contribution in [2.24, 2.45) is 0 Å². The van der Waals surface area contributed by atoms with Crippen LogP contribution in [0.2, 0.25) is 0 Å². The van der Waals surface area contributed by atoms with Gasteiger partial charge < -0.3 is 15.0 Å². The number of pyridine rings is 1. The van der Waals surface area contributed by atoms with Crippen LogP contribution in [0.15, 0.2) is 72.9 Å². The SMILES string of the molecule is CCOC(=O)c1ccccc1NC(=O)c1ccc(N(C)Cc2ccccc2)cn1. The molecule has 1 aromatic heterocycles. The number of carbonyl (C=O) groups is 2. The van der Waals surface area contributed by atoms with E-state index in [1.807, 2.05) is 31.3 Å². The Bertz CT molecular complexity index is 972. The molecule has 3 aromatic rings. The lowest BCUT2D eigenvalue weighted by molar-refractivity contribution is 0.0527. The lowest BCUT2D eigenvalue weighted by Gasteiger charge is -2.19. The fraction of sp³-hybridized carbons (Fsp3) is 0.174. The number of esters is 1. The van der Waals surface area contributed by atoms with Gasteiger partial charge in [0, 0.05) is 13.6 Å². The van der Waals surface area contributed by atoms with E-state index < -0.39 is 5.97 Å². The van der Waals surface area contributed by atoms with Crippen LogP contribution in [0.1, 0.15) is 33.3 Å². The van der Waals surface area contributed by atoms with Gasteiger partial charge in [-0.1, -0.05) is 42.5 Å². The molecule has 0 fully saturated rings. The minimum Gasteiger partial charge on any atom is -0.462 e. The van der Waals surface area contributed by atoms with E-state index in [4.69, 9.17) is 4.74 Å². The van der Waals surface area contributed by atoms with Gasteiger partial charge in [0.05, 0.1) is 29.7 Å². The molecule has 0 bridgehead atoms. The van der Waals surface area contributed by atoms with Crippen LogP contribution < -0.4 is 10.2 Å². The Morgan fingerprint density at radius 3 is 2.41 bits per heavy atom. The number of nitrogens with zero attached hydrogens (tertiary/aromatic N) is 2. The highest BCUT2D eigenvalue weighted by atomic mass is 16.5. The second-order valence-corrected chi connectivity index (χ2v) is 6.46. The largest absolute Gasteiger partial charge is 0.462 e. The Morgan fingerprint density at radius 2 is 1.72 bits per heavy atom. The number of aromatic nitrogens is 1. The number of rotatable bonds is 7. The van der Waals surface area contributed by atoms with Crippen molar-refractivity contribution < 1.29 is 14.3 Å². The fourth-order valence-electron chi connectivity index (χ4n) is 2.86. The lowest BCUT2D eigenvalue weighted by Crippen LogP contribution is -2.19. The van der Waals surface area contributed by atoms with E-state index in [1.54, 1.807) is 43.5 Å². The number of amides is 1. The van der Waals surface area contributed by atoms with Crippen LogP contribution in [0.3, 0.4) is 0 Å². The average molecular weight is 389 g/mol. The number of benzene rings is 2. The summed E-state index contributed by atoms with van der Waals surface area (Å²) >= 11 is 0. The predicted octanol–water partition coefficient (Wildman–Crippen LogP) is 4.15. The smallest absolute Gasteiger partial charge is 0.340 e. The zero-order valence-electron chi connectivity index (χ0n) is 16.5. The Labute approximate surface area is 170 Å². The van der Waals surface area contributed by atoms with Crippen molar-refractivity contribution in [3.8, 4) is 0 Å². The number of ether oxygens (including phenoxy) is 1. The normalized spacial score (nSPS) is 10.3. The minimum absolute atomic E-state index is 0.264. The summed E-state index contributed by atoms with van der Waals surface area (Å²) in [6.45, 7) is 2.74. The first-order valence-corrected chi connectivity index (χ1v) is 9.37. The van der Waals surface area contributed by atoms with Gasteiger partial charge in [-0.3, -0.25) is 4.79 Å². The Balaban J connectivity index is 1.69. The maximum absolute atomic E-state index is 12.6. The molecule has 0 atom stereocenters. The summed E-state index contributed by atoms with van der Waals surface area (Å²) in [6.07, 6.45) is 1.66. The molecule has 148 valence electrons. The van der Waals surface area contributed by atoms with Crippen LogP contribution >= 0.6 is 0 Å². The van der Waals surface area contributed by atoms with Crippen LogP contribution in [0, 0.1) is 0 Å². The first-order chi connectivity index (χ1) is 14.1. The molecule has 0 radical (unpaired) electrons. The molecule has 0 saturated carbocycles. The first-order valence-electron chi connectivity index (χ1n) is 9.37. The summed E-state index contributed by atoms with van der Waals surface area (Å²) in [5.41, 5.74) is 3.05. The molecule has 6 heteroatoms. The van der Waals surface area contributed by atoms with Crippen LogP contribution in [0.5, 0.6) is 0 Å². The highest BCUT2D eigenvalue weighted by Crippen LogP contribution is 2.18. The second kappa shape index (κ2) is 9.50. The first kappa shape index (κ1) is 20.1. The van der Waals surface area contributed by atoms with Gasteiger partial charge in [0.25, 0.3) is 5.91 Å². The van der Waals surface area contributed by atoms with Gasteiger partial charge in [0.2, 0.25) is 0 Å². The van der Waals surface area contributed by atoms with E-state index in [-0.39, 0.29) is 18.2 Å². The maximum atomic E-state index is 12.6. The highest BCUT2D eigenvalue weighted by Gasteiger charge is 2.15. The Morgan fingerprint density at radius 1 is 1.00 bits per heavy atom. The molecule has 2 aromatic carbocycles. The molecular formula is C23H23N3O3. The zero-order chi connectivity index (χ0) is 20.6. The molecule has 0 aliphatic rings. The molecular weight excluding hydrogens is 366 g/mol. The number of carbonyl (C=O) groups excluding carboxylic acids is 2. The molecule has 29 heavy (non-hydrogen) atoms. The quantitative estimate of drug-likeness (QED) is 0.615. The van der Waals surface area contributed by atoms with E-state index in [2.05, 4.69) is 27.3 Å². The molecule has 1 heterocycles. The molecule has 6 nitrogen and oxygen atoms in total. The summed E-state index contributed by atoms with van der Waals surface area (Å²) in [7, 11) is 1.97. The van der Waals surface area contributed by atoms with Crippen molar-refractivity contribution in [2.45, 2.75) is 13.5 Å². The van der Waals surface area contributed by atoms with Crippen LogP contribution in [0.25, 0.3) is 0 Å². The van der Waals surface area contributed by atoms with Crippen molar-refractivity contribution in [3.05, 3.63) is 89.7 Å². The third-order valence-electron chi connectivity index (χ3n) is 4.35. The van der Waals surface area contributed by atoms with Crippen LogP contribution in [-0.4, -0.2) is 30.5 Å². The van der Waals surface area contributed by atoms with Crippen molar-refractivity contribution in [1.82, 2.24) is 4.98 Å². The predicted molar refractivity (Wildman–Crippen MR) is 113 cm³/mol. The molecule has 0 unspecified atom stereocenters. The van der Waals surface area contributed by atoms with E-state index in [9.17, 15) is 9.59 Å². The van der Waals surface area contributed by atoms with Crippen molar-refractivity contribution >= 4 is 23.3 Å². The molecule has 0 spiro atoms. The highest BCUT2D eigenvalue weighted by molar-refractivity contribution is 6.07. The number of para-hydroxylation sites is 1. The minimum atomic E-state index is -0.478. The van der Waals surface area contributed by atoms with Gasteiger partial charge in [-0.25, -0.2) is 9.78 Å². The molecule has 1 N–H and O–H groups in total. The molecule has 0 saturated heterocycles. The van der Waals surface area contributed by atoms with E-state index in [1.165, 1.54) is 5.56 Å². The molecule has 0 aliphatic carbocycles. The number of hydrogen-bond donors (Lipinski definition) is 1. The van der Waals surface area contributed by atoms with Crippen molar-refractivity contribution in [1.29, 1.82) is 0 Å². The number of anilines is 2. The average Bonchev–Trinajstić information content (AvgIpc) is 2.75. The molecule has 1 amide bonds. The zero-order valence-corrected chi connectivity index (χ0v) is 16.5. The van der Waals surface area contributed by atoms with E-state index in [0.29, 0.717) is 11.3 Å². The Hall–Kier alpha value is -3.67. The molecule has 0 aliphatic heterocycles. The monoisotopic (exact) mass is 389 g/mol. The standard InChI is InChI=1S/C23H23N3O3/c1-3-29-23(28)19-11-7-8-12-20(19)25-22(27)21-14-13-18(15-24-21)26(2)16-17-9-5-4-6-10-17/h4-15H,3,16H2,1-2H3,(H,25,27). The fourth-order valence-corrected chi connectivity index (χ4v) is 2.86.